The van der Waals surface area contributed by atoms with Gasteiger partial charge in [-0.3, -0.25) is 9.59 Å². The molecule has 1 fully saturated rings. The topological polar surface area (TPSA) is 52.6 Å². The van der Waals surface area contributed by atoms with Gasteiger partial charge in [0.1, 0.15) is 11.5 Å². The van der Waals surface area contributed by atoms with Gasteiger partial charge in [0.05, 0.1) is 11.8 Å². The third-order valence-electron chi connectivity index (χ3n) is 2.62. The number of carbonyl (C=O) groups excluding carboxylic acids is 2. The van der Waals surface area contributed by atoms with Crippen LogP contribution in [0.1, 0.15) is 26.7 Å². The van der Waals surface area contributed by atoms with Crippen LogP contribution >= 0.6 is 0 Å². The molecular formula is C14H16O4. The van der Waals surface area contributed by atoms with Crippen molar-refractivity contribution in [1.29, 1.82) is 0 Å². The average Bonchev–Trinajstić information content (AvgIpc) is 3.12. The Balaban J connectivity index is 2.00. The molecule has 18 heavy (non-hydrogen) atoms. The molecule has 1 aliphatic rings. The van der Waals surface area contributed by atoms with Crippen LogP contribution in [0.3, 0.4) is 0 Å². The van der Waals surface area contributed by atoms with Crippen molar-refractivity contribution < 1.29 is 19.1 Å². The number of ether oxygens (including phenoxy) is 2. The zero-order chi connectivity index (χ0) is 13.1. The molecule has 0 aliphatic heterocycles. The molecule has 0 radical (unpaired) electrons. The number of hydrogen-bond acceptors (Lipinski definition) is 4. The van der Waals surface area contributed by atoms with E-state index in [4.69, 9.17) is 9.47 Å². The second kappa shape index (κ2) is 5.21. The molecule has 1 aliphatic carbocycles. The maximum Gasteiger partial charge on any atom is 0.314 e. The lowest BCUT2D eigenvalue weighted by molar-refractivity contribution is -0.137. The van der Waals surface area contributed by atoms with Crippen molar-refractivity contribution in [1.82, 2.24) is 0 Å². The number of benzene rings is 1. The molecule has 2 rings (SSSR count). The summed E-state index contributed by atoms with van der Waals surface area (Å²) in [5.41, 5.74) is 0. The van der Waals surface area contributed by atoms with Crippen molar-refractivity contribution in [2.75, 3.05) is 0 Å². The van der Waals surface area contributed by atoms with Gasteiger partial charge < -0.3 is 9.47 Å². The summed E-state index contributed by atoms with van der Waals surface area (Å²) in [6.45, 7) is 3.53. The largest absolute Gasteiger partial charge is 0.426 e. The molecule has 0 bridgehead atoms. The van der Waals surface area contributed by atoms with Gasteiger partial charge in [0.2, 0.25) is 0 Å². The maximum absolute atomic E-state index is 11.5. The molecule has 1 aromatic rings. The number of rotatable bonds is 4. The molecule has 1 aromatic carbocycles. The number of carbonyl (C=O) groups is 2. The molecule has 0 aromatic heterocycles. The van der Waals surface area contributed by atoms with Crippen LogP contribution in [-0.2, 0) is 9.59 Å². The number of hydrogen-bond donors (Lipinski definition) is 0. The van der Waals surface area contributed by atoms with Crippen LogP contribution in [0.2, 0.25) is 0 Å². The van der Waals surface area contributed by atoms with E-state index >= 15 is 0 Å². The Bertz CT molecular complexity index is 429. The van der Waals surface area contributed by atoms with E-state index in [1.54, 1.807) is 38.1 Å². The van der Waals surface area contributed by atoms with E-state index in [9.17, 15) is 9.59 Å². The summed E-state index contributed by atoms with van der Waals surface area (Å²) in [6.07, 6.45) is 1.81. The first-order valence-corrected chi connectivity index (χ1v) is 6.09. The minimum Gasteiger partial charge on any atom is -0.426 e. The maximum atomic E-state index is 11.5. The van der Waals surface area contributed by atoms with E-state index in [2.05, 4.69) is 0 Å². The van der Waals surface area contributed by atoms with Crippen LogP contribution in [0, 0.1) is 11.8 Å². The second-order valence-corrected chi connectivity index (χ2v) is 4.75. The fourth-order valence-corrected chi connectivity index (χ4v) is 1.35. The van der Waals surface area contributed by atoms with Crippen LogP contribution in [0.5, 0.6) is 11.5 Å². The zero-order valence-electron chi connectivity index (χ0n) is 10.5. The highest BCUT2D eigenvalue weighted by Gasteiger charge is 2.31. The molecule has 0 unspecified atom stereocenters. The lowest BCUT2D eigenvalue weighted by Crippen LogP contribution is -2.15. The first kappa shape index (κ1) is 12.6. The Labute approximate surface area is 106 Å². The van der Waals surface area contributed by atoms with Gasteiger partial charge in [-0.15, -0.1) is 0 Å². The first-order valence-electron chi connectivity index (χ1n) is 6.09. The highest BCUT2D eigenvalue weighted by molar-refractivity contribution is 5.78. The van der Waals surface area contributed by atoms with Gasteiger partial charge in [-0.2, -0.15) is 0 Å². The monoisotopic (exact) mass is 248 g/mol. The molecule has 0 saturated heterocycles. The van der Waals surface area contributed by atoms with Crippen LogP contribution in [0.25, 0.3) is 0 Å². The Hall–Kier alpha value is -1.84. The molecule has 0 atom stereocenters. The average molecular weight is 248 g/mol. The van der Waals surface area contributed by atoms with E-state index < -0.39 is 0 Å². The molecule has 4 heteroatoms. The summed E-state index contributed by atoms with van der Waals surface area (Å²) in [6, 6.07) is 6.58. The molecule has 96 valence electrons. The first-order chi connectivity index (χ1) is 8.56. The molecule has 1 saturated carbocycles. The minimum atomic E-state index is -0.305. The van der Waals surface area contributed by atoms with Crippen molar-refractivity contribution in [3.63, 3.8) is 0 Å². The van der Waals surface area contributed by atoms with Crippen molar-refractivity contribution in [2.24, 2.45) is 11.8 Å². The summed E-state index contributed by atoms with van der Waals surface area (Å²) in [4.78, 5) is 22.9. The van der Waals surface area contributed by atoms with Crippen LogP contribution in [0.15, 0.2) is 24.3 Å². The van der Waals surface area contributed by atoms with Crippen molar-refractivity contribution in [3.8, 4) is 11.5 Å². The van der Waals surface area contributed by atoms with E-state index in [0.717, 1.165) is 12.8 Å². The lowest BCUT2D eigenvalue weighted by atomic mass is 10.2. The standard InChI is InChI=1S/C14H16O4/c1-9(2)13(15)17-11-4-3-5-12(8-11)18-14(16)10-6-7-10/h3-5,8-10H,6-7H2,1-2H3. The SMILES string of the molecule is CC(C)C(=O)Oc1cccc(OC(=O)C2CC2)c1. The third kappa shape index (κ3) is 3.32. The van der Waals surface area contributed by atoms with Crippen molar-refractivity contribution in [2.45, 2.75) is 26.7 Å². The normalized spacial score (nSPS) is 14.4. The fourth-order valence-electron chi connectivity index (χ4n) is 1.35. The summed E-state index contributed by atoms with van der Waals surface area (Å²) in [5, 5.41) is 0. The summed E-state index contributed by atoms with van der Waals surface area (Å²) < 4.78 is 10.3. The Morgan fingerprint density at radius 2 is 1.78 bits per heavy atom. The molecule has 0 N–H and O–H groups in total. The minimum absolute atomic E-state index is 0.0480. The van der Waals surface area contributed by atoms with E-state index in [0.29, 0.717) is 11.5 Å². The van der Waals surface area contributed by atoms with Gasteiger partial charge in [-0.1, -0.05) is 19.9 Å². The van der Waals surface area contributed by atoms with Crippen LogP contribution < -0.4 is 9.47 Å². The summed E-state index contributed by atoms with van der Waals surface area (Å²) in [7, 11) is 0. The zero-order valence-corrected chi connectivity index (χ0v) is 10.5. The van der Waals surface area contributed by atoms with E-state index in [1.165, 1.54) is 0 Å². The molecule has 4 nitrogen and oxygen atoms in total. The van der Waals surface area contributed by atoms with Crippen LogP contribution in [-0.4, -0.2) is 11.9 Å². The highest BCUT2D eigenvalue weighted by atomic mass is 16.5. The molecule has 0 amide bonds. The van der Waals surface area contributed by atoms with Crippen molar-refractivity contribution in [3.05, 3.63) is 24.3 Å². The van der Waals surface area contributed by atoms with Gasteiger partial charge in [-0.25, -0.2) is 0 Å². The smallest absolute Gasteiger partial charge is 0.314 e. The molecular weight excluding hydrogens is 232 g/mol. The summed E-state index contributed by atoms with van der Waals surface area (Å²) >= 11 is 0. The third-order valence-corrected chi connectivity index (χ3v) is 2.62. The van der Waals surface area contributed by atoms with E-state index in [-0.39, 0.29) is 23.8 Å². The second-order valence-electron chi connectivity index (χ2n) is 4.75. The van der Waals surface area contributed by atoms with E-state index in [1.807, 2.05) is 0 Å². The van der Waals surface area contributed by atoms with Crippen LogP contribution in [0.4, 0.5) is 0 Å². The van der Waals surface area contributed by atoms with Crippen molar-refractivity contribution >= 4 is 11.9 Å². The Kier molecular flexibility index (Phi) is 3.65. The highest BCUT2D eigenvalue weighted by Crippen LogP contribution is 2.31. The quantitative estimate of drug-likeness (QED) is 0.607. The predicted molar refractivity (Wildman–Crippen MR) is 65.3 cm³/mol. The van der Waals surface area contributed by atoms with Gasteiger partial charge in [0, 0.05) is 6.07 Å². The number of esters is 2. The molecule has 0 heterocycles. The van der Waals surface area contributed by atoms with Gasteiger partial charge in [0.25, 0.3) is 0 Å². The molecule has 0 spiro atoms. The summed E-state index contributed by atoms with van der Waals surface area (Å²) in [5.74, 6) is 0.160. The Morgan fingerprint density at radius 3 is 2.33 bits per heavy atom. The predicted octanol–water partition coefficient (Wildman–Crippen LogP) is 2.56. The van der Waals surface area contributed by atoms with Gasteiger partial charge in [-0.05, 0) is 25.0 Å². The fraction of sp³-hybridized carbons (Fsp3) is 0.429. The van der Waals surface area contributed by atoms with Gasteiger partial charge in [0.15, 0.2) is 0 Å². The Morgan fingerprint density at radius 1 is 1.17 bits per heavy atom. The van der Waals surface area contributed by atoms with Gasteiger partial charge >= 0.3 is 11.9 Å². The lowest BCUT2D eigenvalue weighted by Gasteiger charge is -2.08.